The van der Waals surface area contributed by atoms with Crippen molar-refractivity contribution in [2.45, 2.75) is 44.8 Å². The van der Waals surface area contributed by atoms with Crippen LogP contribution in [0.3, 0.4) is 0 Å². The minimum absolute atomic E-state index is 0.239. The van der Waals surface area contributed by atoms with Crippen LogP contribution in [0.1, 0.15) is 39.5 Å². The van der Waals surface area contributed by atoms with Gasteiger partial charge >= 0.3 is 0 Å². The lowest BCUT2D eigenvalue weighted by Gasteiger charge is -2.10. The van der Waals surface area contributed by atoms with E-state index in [1.807, 2.05) is 0 Å². The zero-order valence-electron chi connectivity index (χ0n) is 8.82. The predicted octanol–water partition coefficient (Wildman–Crippen LogP) is 1.57. The van der Waals surface area contributed by atoms with Crippen LogP contribution in [0.4, 0.5) is 0 Å². The van der Waals surface area contributed by atoms with Gasteiger partial charge in [-0.05, 0) is 32.6 Å². The van der Waals surface area contributed by atoms with Gasteiger partial charge in [-0.2, -0.15) is 0 Å². The molecule has 0 spiro atoms. The van der Waals surface area contributed by atoms with E-state index in [-0.39, 0.29) is 16.8 Å². The Labute approximate surface area is 85.8 Å². The molecule has 82 valence electrons. The van der Waals surface area contributed by atoms with Crippen molar-refractivity contribution in [3.05, 3.63) is 0 Å². The van der Waals surface area contributed by atoms with Crippen molar-refractivity contribution in [2.75, 3.05) is 5.75 Å². The Bertz CT molecular complexity index is 303. The first-order valence-corrected chi connectivity index (χ1v) is 6.86. The molecular formula is C10H18O3S. The van der Waals surface area contributed by atoms with Crippen LogP contribution in [-0.2, 0) is 14.6 Å². The molecule has 1 saturated carbocycles. The van der Waals surface area contributed by atoms with Crippen LogP contribution < -0.4 is 0 Å². The maximum atomic E-state index is 11.5. The molecule has 0 amide bonds. The quantitative estimate of drug-likeness (QED) is 0.719. The summed E-state index contributed by atoms with van der Waals surface area (Å²) in [5.41, 5.74) is 0. The number of carbonyl (C=O) groups is 1. The minimum atomic E-state index is -2.91. The van der Waals surface area contributed by atoms with Crippen LogP contribution >= 0.6 is 0 Å². The zero-order valence-corrected chi connectivity index (χ0v) is 9.64. The second kappa shape index (κ2) is 4.43. The van der Waals surface area contributed by atoms with Gasteiger partial charge in [0.1, 0.15) is 5.78 Å². The largest absolute Gasteiger partial charge is 0.300 e. The topological polar surface area (TPSA) is 51.2 Å². The molecule has 1 aliphatic carbocycles. The summed E-state index contributed by atoms with van der Waals surface area (Å²) in [5.74, 6) is 0.843. The monoisotopic (exact) mass is 218 g/mol. The first-order chi connectivity index (χ1) is 6.42. The lowest BCUT2D eigenvalue weighted by Crippen LogP contribution is -2.19. The molecule has 1 rings (SSSR count). The van der Waals surface area contributed by atoms with Crippen LogP contribution in [0.2, 0.25) is 0 Å². The Kier molecular flexibility index (Phi) is 3.70. The van der Waals surface area contributed by atoms with Crippen molar-refractivity contribution in [3.63, 3.8) is 0 Å². The van der Waals surface area contributed by atoms with Crippen molar-refractivity contribution in [1.29, 1.82) is 0 Å². The predicted molar refractivity (Wildman–Crippen MR) is 55.9 cm³/mol. The molecule has 0 radical (unpaired) electrons. The molecule has 1 fully saturated rings. The first-order valence-electron chi connectivity index (χ1n) is 5.15. The molecular weight excluding hydrogens is 200 g/mol. The molecule has 0 aromatic heterocycles. The number of carbonyl (C=O) groups excluding carboxylic acids is 1. The highest BCUT2D eigenvalue weighted by atomic mass is 32.2. The molecule has 3 nitrogen and oxygen atoms in total. The summed E-state index contributed by atoms with van der Waals surface area (Å²) in [6, 6.07) is 0. The second-order valence-electron chi connectivity index (χ2n) is 4.35. The maximum Gasteiger partial charge on any atom is 0.152 e. The van der Waals surface area contributed by atoms with Crippen molar-refractivity contribution in [3.8, 4) is 0 Å². The van der Waals surface area contributed by atoms with Gasteiger partial charge in [0.25, 0.3) is 0 Å². The van der Waals surface area contributed by atoms with E-state index < -0.39 is 9.84 Å². The Morgan fingerprint density at radius 2 is 2.07 bits per heavy atom. The van der Waals surface area contributed by atoms with Gasteiger partial charge in [0.2, 0.25) is 0 Å². The van der Waals surface area contributed by atoms with Gasteiger partial charge < -0.3 is 0 Å². The van der Waals surface area contributed by atoms with E-state index in [1.165, 1.54) is 0 Å². The third-order valence-corrected chi connectivity index (χ3v) is 5.12. The molecule has 1 atom stereocenters. The van der Waals surface area contributed by atoms with Gasteiger partial charge in [-0.1, -0.05) is 0 Å². The van der Waals surface area contributed by atoms with E-state index in [2.05, 4.69) is 0 Å². The summed E-state index contributed by atoms with van der Waals surface area (Å²) in [7, 11) is -2.91. The van der Waals surface area contributed by atoms with Crippen molar-refractivity contribution in [1.82, 2.24) is 0 Å². The number of hydrogen-bond acceptors (Lipinski definition) is 3. The highest BCUT2D eigenvalue weighted by Gasteiger charge is 2.24. The summed E-state index contributed by atoms with van der Waals surface area (Å²) in [4.78, 5) is 11.0. The molecule has 0 aliphatic heterocycles. The average molecular weight is 218 g/mol. The summed E-state index contributed by atoms with van der Waals surface area (Å²) in [6.45, 7) is 3.41. The third kappa shape index (κ3) is 3.08. The average Bonchev–Trinajstić information content (AvgIpc) is 2.48. The van der Waals surface area contributed by atoms with Crippen LogP contribution in [0, 0.1) is 5.92 Å². The number of Topliss-reactive ketones (excluding diaryl/α,β-unsaturated/α-hetero) is 1. The second-order valence-corrected chi connectivity index (χ2v) is 7.03. The Balaban J connectivity index is 2.38. The molecule has 0 heterocycles. The number of ketones is 1. The molecule has 1 aliphatic rings. The summed E-state index contributed by atoms with van der Waals surface area (Å²) < 4.78 is 23.0. The molecule has 0 aromatic rings. The van der Waals surface area contributed by atoms with Crippen LogP contribution in [-0.4, -0.2) is 25.2 Å². The summed E-state index contributed by atoms with van der Waals surface area (Å²) in [6.07, 6.45) is 2.78. The van der Waals surface area contributed by atoms with Crippen molar-refractivity contribution >= 4 is 15.6 Å². The summed E-state index contributed by atoms with van der Waals surface area (Å²) >= 11 is 0. The van der Waals surface area contributed by atoms with E-state index in [0.717, 1.165) is 6.42 Å². The van der Waals surface area contributed by atoms with E-state index in [9.17, 15) is 13.2 Å². The Morgan fingerprint density at radius 1 is 1.43 bits per heavy atom. The van der Waals surface area contributed by atoms with E-state index in [1.54, 1.807) is 13.8 Å². The SMILES string of the molecule is CC(C)S(=O)(=O)CCC1CCC(=O)C1. The van der Waals surface area contributed by atoms with Gasteiger partial charge in [0.15, 0.2) is 9.84 Å². The molecule has 0 N–H and O–H groups in total. The van der Waals surface area contributed by atoms with Gasteiger partial charge in [0.05, 0.1) is 11.0 Å². The van der Waals surface area contributed by atoms with Crippen LogP contribution in [0.5, 0.6) is 0 Å². The first kappa shape index (κ1) is 11.7. The van der Waals surface area contributed by atoms with Crippen molar-refractivity contribution < 1.29 is 13.2 Å². The third-order valence-electron chi connectivity index (χ3n) is 2.88. The molecule has 0 bridgehead atoms. The lowest BCUT2D eigenvalue weighted by atomic mass is 10.1. The standard InChI is InChI=1S/C10H18O3S/c1-8(2)14(12,13)6-5-9-3-4-10(11)7-9/h8-9H,3-7H2,1-2H3. The zero-order chi connectivity index (χ0) is 10.8. The fraction of sp³-hybridized carbons (Fsp3) is 0.900. The minimum Gasteiger partial charge on any atom is -0.300 e. The Hall–Kier alpha value is -0.380. The number of hydrogen-bond donors (Lipinski definition) is 0. The van der Waals surface area contributed by atoms with E-state index >= 15 is 0 Å². The normalized spacial score (nSPS) is 23.4. The highest BCUT2D eigenvalue weighted by molar-refractivity contribution is 7.91. The molecule has 14 heavy (non-hydrogen) atoms. The Morgan fingerprint density at radius 3 is 2.50 bits per heavy atom. The fourth-order valence-electron chi connectivity index (χ4n) is 1.70. The van der Waals surface area contributed by atoms with E-state index in [4.69, 9.17) is 0 Å². The summed E-state index contributed by atoms with van der Waals surface area (Å²) in [5, 5.41) is -0.292. The maximum absolute atomic E-state index is 11.5. The van der Waals surface area contributed by atoms with Crippen LogP contribution in [0.25, 0.3) is 0 Å². The smallest absolute Gasteiger partial charge is 0.152 e. The van der Waals surface area contributed by atoms with Crippen LogP contribution in [0.15, 0.2) is 0 Å². The highest BCUT2D eigenvalue weighted by Crippen LogP contribution is 2.25. The molecule has 1 unspecified atom stereocenters. The van der Waals surface area contributed by atoms with Gasteiger partial charge in [-0.25, -0.2) is 8.42 Å². The van der Waals surface area contributed by atoms with Gasteiger partial charge in [0, 0.05) is 12.8 Å². The van der Waals surface area contributed by atoms with Gasteiger partial charge in [-0.3, -0.25) is 4.79 Å². The fourth-order valence-corrected chi connectivity index (χ4v) is 2.84. The number of sulfone groups is 1. The number of rotatable bonds is 4. The molecule has 0 aromatic carbocycles. The van der Waals surface area contributed by atoms with Gasteiger partial charge in [-0.15, -0.1) is 0 Å². The lowest BCUT2D eigenvalue weighted by molar-refractivity contribution is -0.117. The molecule has 4 heteroatoms. The molecule has 0 saturated heterocycles. The van der Waals surface area contributed by atoms with E-state index in [0.29, 0.717) is 25.2 Å². The van der Waals surface area contributed by atoms with Crippen molar-refractivity contribution in [2.24, 2.45) is 5.92 Å².